The molecule has 1 saturated heterocycles. The number of sulfonamides is 1. The molecule has 0 unspecified atom stereocenters. The molecule has 1 aliphatic rings. The summed E-state index contributed by atoms with van der Waals surface area (Å²) in [6.45, 7) is 5.12. The Bertz CT molecular complexity index is 778. The van der Waals surface area contributed by atoms with Crippen LogP contribution in [0.2, 0.25) is 0 Å². The lowest BCUT2D eigenvalue weighted by atomic mass is 10.1. The van der Waals surface area contributed by atoms with Crippen molar-refractivity contribution in [3.63, 3.8) is 0 Å². The molecule has 0 amide bonds. The van der Waals surface area contributed by atoms with Crippen LogP contribution in [-0.2, 0) is 10.0 Å². The standard InChI is InChI=1S/C17H24N4O2S/c1-3-12-24(22,23)20-10-6-16(7-11-20)21-14(2)13-19-17(21)15-4-8-18-9-5-15/h4-5,8-9,13,16H,3,6-7,10-12H2,1-2H3. The van der Waals surface area contributed by atoms with Crippen LogP contribution in [0, 0.1) is 6.92 Å². The maximum atomic E-state index is 12.2. The molecule has 0 N–H and O–H groups in total. The van der Waals surface area contributed by atoms with Gasteiger partial charge in [0.05, 0.1) is 5.75 Å². The quantitative estimate of drug-likeness (QED) is 0.833. The number of hydrogen-bond acceptors (Lipinski definition) is 4. The summed E-state index contributed by atoms with van der Waals surface area (Å²) in [4.78, 5) is 8.63. The number of rotatable bonds is 5. The van der Waals surface area contributed by atoms with Crippen LogP contribution < -0.4 is 0 Å². The van der Waals surface area contributed by atoms with Crippen molar-refractivity contribution in [2.45, 2.75) is 39.2 Å². The van der Waals surface area contributed by atoms with Crippen LogP contribution >= 0.6 is 0 Å². The van der Waals surface area contributed by atoms with Crippen molar-refractivity contribution in [1.29, 1.82) is 0 Å². The number of aryl methyl sites for hydroxylation is 1. The summed E-state index contributed by atoms with van der Waals surface area (Å²) in [5.74, 6) is 1.18. The minimum atomic E-state index is -3.10. The molecule has 0 atom stereocenters. The van der Waals surface area contributed by atoms with Gasteiger partial charge in [-0.25, -0.2) is 17.7 Å². The smallest absolute Gasteiger partial charge is 0.214 e. The average Bonchev–Trinajstić information content (AvgIpc) is 2.97. The van der Waals surface area contributed by atoms with E-state index in [4.69, 9.17) is 0 Å². The predicted molar refractivity (Wildman–Crippen MR) is 94.1 cm³/mol. The third-order valence-electron chi connectivity index (χ3n) is 4.56. The normalized spacial score (nSPS) is 17.2. The summed E-state index contributed by atoms with van der Waals surface area (Å²) in [6.07, 6.45) is 7.72. The molecule has 130 valence electrons. The summed E-state index contributed by atoms with van der Waals surface area (Å²) in [5, 5.41) is 0. The van der Waals surface area contributed by atoms with Crippen molar-refractivity contribution < 1.29 is 8.42 Å². The lowest BCUT2D eigenvalue weighted by molar-refractivity contribution is 0.273. The van der Waals surface area contributed by atoms with Crippen LogP contribution in [0.25, 0.3) is 11.4 Å². The Morgan fingerprint density at radius 1 is 1.21 bits per heavy atom. The molecule has 1 aliphatic heterocycles. The highest BCUT2D eigenvalue weighted by Crippen LogP contribution is 2.30. The molecule has 7 heteroatoms. The molecule has 2 aromatic rings. The van der Waals surface area contributed by atoms with Crippen LogP contribution in [-0.4, -0.2) is 46.1 Å². The second-order valence-electron chi connectivity index (χ2n) is 6.28. The molecule has 6 nitrogen and oxygen atoms in total. The minimum absolute atomic E-state index is 0.240. The summed E-state index contributed by atoms with van der Waals surface area (Å²) in [6, 6.07) is 4.20. The molecule has 0 spiro atoms. The second-order valence-corrected chi connectivity index (χ2v) is 8.36. The maximum absolute atomic E-state index is 12.2. The Morgan fingerprint density at radius 3 is 2.50 bits per heavy atom. The van der Waals surface area contributed by atoms with Gasteiger partial charge in [0.2, 0.25) is 10.0 Å². The van der Waals surface area contributed by atoms with Crippen LogP contribution in [0.15, 0.2) is 30.7 Å². The van der Waals surface area contributed by atoms with E-state index in [0.717, 1.165) is 29.9 Å². The van der Waals surface area contributed by atoms with E-state index in [1.54, 1.807) is 16.7 Å². The molecule has 2 aromatic heterocycles. The molecule has 3 rings (SSSR count). The van der Waals surface area contributed by atoms with Gasteiger partial charge in [-0.1, -0.05) is 6.92 Å². The summed E-state index contributed by atoms with van der Waals surface area (Å²) in [5.41, 5.74) is 2.15. The first-order valence-corrected chi connectivity index (χ1v) is 10.1. The molecule has 0 bridgehead atoms. The van der Waals surface area contributed by atoms with Crippen molar-refractivity contribution in [2.24, 2.45) is 0 Å². The Hall–Kier alpha value is -1.73. The zero-order chi connectivity index (χ0) is 17.2. The average molecular weight is 348 g/mol. The maximum Gasteiger partial charge on any atom is 0.214 e. The number of piperidine rings is 1. The first kappa shape index (κ1) is 17.1. The SMILES string of the molecule is CCCS(=O)(=O)N1CCC(n2c(C)cnc2-c2ccncc2)CC1. The van der Waals surface area contributed by atoms with Crippen molar-refractivity contribution in [1.82, 2.24) is 18.8 Å². The zero-order valence-corrected chi connectivity index (χ0v) is 15.0. The van der Waals surface area contributed by atoms with Crippen LogP contribution in [0.5, 0.6) is 0 Å². The predicted octanol–water partition coefficient (Wildman–Crippen LogP) is 2.63. The number of aromatic nitrogens is 3. The van der Waals surface area contributed by atoms with Crippen molar-refractivity contribution in [3.05, 3.63) is 36.4 Å². The van der Waals surface area contributed by atoms with E-state index in [0.29, 0.717) is 19.5 Å². The molecule has 3 heterocycles. The Kier molecular flexibility index (Phi) is 5.01. The highest BCUT2D eigenvalue weighted by Gasteiger charge is 2.29. The van der Waals surface area contributed by atoms with Crippen molar-refractivity contribution in [2.75, 3.05) is 18.8 Å². The summed E-state index contributed by atoms with van der Waals surface area (Å²) in [7, 11) is -3.10. The van der Waals surface area contributed by atoms with Gasteiger partial charge >= 0.3 is 0 Å². The van der Waals surface area contributed by atoms with Gasteiger partial charge in [0.15, 0.2) is 0 Å². The number of pyridine rings is 1. The Balaban J connectivity index is 1.80. The highest BCUT2D eigenvalue weighted by atomic mass is 32.2. The number of hydrogen-bond donors (Lipinski definition) is 0. The van der Waals surface area contributed by atoms with E-state index in [-0.39, 0.29) is 11.8 Å². The Morgan fingerprint density at radius 2 is 1.88 bits per heavy atom. The third kappa shape index (κ3) is 3.37. The van der Waals surface area contributed by atoms with E-state index < -0.39 is 10.0 Å². The number of nitrogens with zero attached hydrogens (tertiary/aromatic N) is 4. The van der Waals surface area contributed by atoms with Gasteiger partial charge in [0.1, 0.15) is 5.82 Å². The van der Waals surface area contributed by atoms with Gasteiger partial charge in [0.25, 0.3) is 0 Å². The van der Waals surface area contributed by atoms with Crippen LogP contribution in [0.1, 0.15) is 37.9 Å². The minimum Gasteiger partial charge on any atom is -0.325 e. The molecular weight excluding hydrogens is 324 g/mol. The van der Waals surface area contributed by atoms with E-state index >= 15 is 0 Å². The van der Waals surface area contributed by atoms with E-state index in [1.165, 1.54) is 0 Å². The fourth-order valence-corrected chi connectivity index (χ4v) is 4.93. The monoisotopic (exact) mass is 348 g/mol. The topological polar surface area (TPSA) is 68.1 Å². The van der Waals surface area contributed by atoms with E-state index in [1.807, 2.05) is 25.3 Å². The van der Waals surface area contributed by atoms with Gasteiger partial charge in [-0.2, -0.15) is 0 Å². The van der Waals surface area contributed by atoms with Crippen molar-refractivity contribution in [3.8, 4) is 11.4 Å². The molecule has 0 saturated carbocycles. The molecule has 24 heavy (non-hydrogen) atoms. The van der Waals surface area contributed by atoms with Gasteiger partial charge in [0, 0.05) is 49.0 Å². The van der Waals surface area contributed by atoms with Gasteiger partial charge in [-0.3, -0.25) is 4.98 Å². The zero-order valence-electron chi connectivity index (χ0n) is 14.2. The summed E-state index contributed by atoms with van der Waals surface area (Å²) < 4.78 is 28.4. The first-order chi connectivity index (χ1) is 11.5. The molecule has 0 aromatic carbocycles. The molecule has 0 radical (unpaired) electrons. The fourth-order valence-electron chi connectivity index (χ4n) is 3.39. The molecular formula is C17H24N4O2S. The highest BCUT2D eigenvalue weighted by molar-refractivity contribution is 7.89. The van der Waals surface area contributed by atoms with E-state index in [9.17, 15) is 8.42 Å². The fraction of sp³-hybridized carbons (Fsp3) is 0.529. The third-order valence-corrected chi connectivity index (χ3v) is 6.64. The lowest BCUT2D eigenvalue weighted by Gasteiger charge is -2.33. The van der Waals surface area contributed by atoms with Crippen LogP contribution in [0.3, 0.4) is 0 Å². The number of imidazole rings is 1. The molecule has 0 aliphatic carbocycles. The second kappa shape index (κ2) is 7.03. The molecule has 1 fully saturated rings. The van der Waals surface area contributed by atoms with E-state index in [2.05, 4.69) is 21.5 Å². The first-order valence-electron chi connectivity index (χ1n) is 8.45. The van der Waals surface area contributed by atoms with Gasteiger partial charge in [-0.05, 0) is 38.3 Å². The lowest BCUT2D eigenvalue weighted by Crippen LogP contribution is -2.40. The Labute approximate surface area is 143 Å². The summed E-state index contributed by atoms with van der Waals surface area (Å²) >= 11 is 0. The largest absolute Gasteiger partial charge is 0.325 e. The van der Waals surface area contributed by atoms with Crippen LogP contribution in [0.4, 0.5) is 0 Å². The van der Waals surface area contributed by atoms with Gasteiger partial charge < -0.3 is 4.57 Å². The van der Waals surface area contributed by atoms with Crippen molar-refractivity contribution >= 4 is 10.0 Å². The van der Waals surface area contributed by atoms with Gasteiger partial charge in [-0.15, -0.1) is 0 Å².